The molecule has 190 valence electrons. The van der Waals surface area contributed by atoms with Crippen LogP contribution in [-0.4, -0.2) is 39.1 Å². The summed E-state index contributed by atoms with van der Waals surface area (Å²) in [6.45, 7) is 2.20. The first kappa shape index (κ1) is 24.9. The van der Waals surface area contributed by atoms with E-state index in [1.54, 1.807) is 36.1 Å². The summed E-state index contributed by atoms with van der Waals surface area (Å²) in [4.78, 5) is 55.5. The standard InChI is InChI=1S/C26H21ClFN3O5S/c1-2-36-26(35)29-12-11-19-21(14-29)37-24-22(19)23(33)31(18-9-5-16(27)6-10-18)25(34)30(24)13-20(32)15-3-7-17(28)8-4-15/h3-10H,2,11-14H2,1H3. The molecule has 0 radical (unpaired) electrons. The Bertz CT molecular complexity index is 1640. The summed E-state index contributed by atoms with van der Waals surface area (Å²) in [6.07, 6.45) is -0.0539. The third kappa shape index (κ3) is 4.58. The number of aromatic nitrogens is 2. The second kappa shape index (κ2) is 9.95. The molecule has 0 bridgehead atoms. The number of rotatable bonds is 5. The van der Waals surface area contributed by atoms with E-state index in [9.17, 15) is 23.6 Å². The molecular weight excluding hydrogens is 521 g/mol. The van der Waals surface area contributed by atoms with E-state index < -0.39 is 28.9 Å². The molecule has 2 aromatic heterocycles. The van der Waals surface area contributed by atoms with E-state index in [-0.39, 0.29) is 25.3 Å². The van der Waals surface area contributed by atoms with E-state index in [2.05, 4.69) is 0 Å². The zero-order chi connectivity index (χ0) is 26.3. The lowest BCUT2D eigenvalue weighted by Crippen LogP contribution is -2.40. The average molecular weight is 542 g/mol. The second-order valence-electron chi connectivity index (χ2n) is 8.47. The van der Waals surface area contributed by atoms with Gasteiger partial charge in [-0.2, -0.15) is 0 Å². The quantitative estimate of drug-likeness (QED) is 0.349. The van der Waals surface area contributed by atoms with Crippen molar-refractivity contribution in [1.82, 2.24) is 14.0 Å². The minimum atomic E-state index is -0.684. The van der Waals surface area contributed by atoms with Crippen LogP contribution in [0, 0.1) is 5.82 Å². The van der Waals surface area contributed by atoms with Crippen LogP contribution in [0.3, 0.4) is 0 Å². The Morgan fingerprint density at radius 2 is 1.78 bits per heavy atom. The van der Waals surface area contributed by atoms with Gasteiger partial charge >= 0.3 is 11.8 Å². The topological polar surface area (TPSA) is 90.6 Å². The smallest absolute Gasteiger partial charge is 0.410 e. The highest BCUT2D eigenvalue weighted by Gasteiger charge is 2.29. The van der Waals surface area contributed by atoms with E-state index in [1.165, 1.54) is 40.2 Å². The number of carbonyl (C=O) groups excluding carboxylic acids is 2. The Balaban J connectivity index is 1.69. The molecule has 0 saturated heterocycles. The number of hydrogen-bond acceptors (Lipinski definition) is 6. The Hall–Kier alpha value is -3.76. The molecule has 1 aliphatic heterocycles. The fourth-order valence-corrected chi connectivity index (χ4v) is 5.88. The summed E-state index contributed by atoms with van der Waals surface area (Å²) in [7, 11) is 0. The molecule has 0 spiro atoms. The van der Waals surface area contributed by atoms with Gasteiger partial charge in [0, 0.05) is 22.0 Å². The van der Waals surface area contributed by atoms with Gasteiger partial charge in [-0.05, 0) is 67.4 Å². The fraction of sp³-hybridized carbons (Fsp3) is 0.231. The van der Waals surface area contributed by atoms with Gasteiger partial charge in [0.1, 0.15) is 10.6 Å². The maximum absolute atomic E-state index is 13.7. The maximum atomic E-state index is 13.7. The summed E-state index contributed by atoms with van der Waals surface area (Å²) in [5.74, 6) is -0.895. The van der Waals surface area contributed by atoms with Gasteiger partial charge in [-0.15, -0.1) is 11.3 Å². The number of thiophene rings is 1. The SMILES string of the molecule is CCOC(=O)N1CCc2c(sc3c2c(=O)n(-c2ccc(Cl)cc2)c(=O)n3CC(=O)c2ccc(F)cc2)C1. The van der Waals surface area contributed by atoms with Gasteiger partial charge in [-0.3, -0.25) is 14.2 Å². The maximum Gasteiger partial charge on any atom is 0.410 e. The summed E-state index contributed by atoms with van der Waals surface area (Å²) in [6, 6.07) is 11.3. The van der Waals surface area contributed by atoms with Crippen LogP contribution in [0.1, 0.15) is 27.7 Å². The van der Waals surface area contributed by atoms with Gasteiger partial charge < -0.3 is 9.64 Å². The molecule has 8 nitrogen and oxygen atoms in total. The number of halogens is 2. The molecule has 5 rings (SSSR count). The molecule has 0 N–H and O–H groups in total. The lowest BCUT2D eigenvalue weighted by atomic mass is 10.1. The molecule has 1 amide bonds. The largest absolute Gasteiger partial charge is 0.450 e. The molecule has 37 heavy (non-hydrogen) atoms. The van der Waals surface area contributed by atoms with Crippen LogP contribution in [0.25, 0.3) is 15.9 Å². The molecule has 11 heteroatoms. The minimum Gasteiger partial charge on any atom is -0.450 e. The summed E-state index contributed by atoms with van der Waals surface area (Å²) >= 11 is 7.22. The average Bonchev–Trinajstić information content (AvgIpc) is 3.27. The lowest BCUT2D eigenvalue weighted by Gasteiger charge is -2.25. The van der Waals surface area contributed by atoms with Gasteiger partial charge in [0.25, 0.3) is 5.56 Å². The van der Waals surface area contributed by atoms with Crippen molar-refractivity contribution >= 4 is 45.0 Å². The number of ether oxygens (including phenoxy) is 1. The van der Waals surface area contributed by atoms with Crippen LogP contribution in [0.15, 0.2) is 58.1 Å². The third-order valence-corrected chi connectivity index (χ3v) is 7.69. The number of ketones is 1. The Kier molecular flexibility index (Phi) is 6.70. The van der Waals surface area contributed by atoms with Crippen LogP contribution < -0.4 is 11.2 Å². The van der Waals surface area contributed by atoms with E-state index in [4.69, 9.17) is 16.3 Å². The van der Waals surface area contributed by atoms with Crippen molar-refractivity contribution in [3.8, 4) is 5.69 Å². The monoisotopic (exact) mass is 541 g/mol. The van der Waals surface area contributed by atoms with Crippen LogP contribution in [0.2, 0.25) is 5.02 Å². The van der Waals surface area contributed by atoms with Crippen LogP contribution in [-0.2, 0) is 24.2 Å². The van der Waals surface area contributed by atoms with Crippen LogP contribution in [0.4, 0.5) is 9.18 Å². The number of benzene rings is 2. The van der Waals surface area contributed by atoms with Gasteiger partial charge in [-0.1, -0.05) is 11.6 Å². The first-order chi connectivity index (χ1) is 17.8. The highest BCUT2D eigenvalue weighted by Crippen LogP contribution is 2.33. The number of fused-ring (bicyclic) bond motifs is 3. The zero-order valence-corrected chi connectivity index (χ0v) is 21.3. The van der Waals surface area contributed by atoms with Crippen molar-refractivity contribution in [3.63, 3.8) is 0 Å². The molecule has 4 aromatic rings. The highest BCUT2D eigenvalue weighted by molar-refractivity contribution is 7.18. The second-order valence-corrected chi connectivity index (χ2v) is 9.99. The minimum absolute atomic E-state index is 0.230. The summed E-state index contributed by atoms with van der Waals surface area (Å²) in [5, 5.41) is 0.779. The molecular formula is C26H21ClFN3O5S. The molecule has 0 atom stereocenters. The van der Waals surface area contributed by atoms with Crippen LogP contribution >= 0.6 is 22.9 Å². The molecule has 0 fully saturated rings. The van der Waals surface area contributed by atoms with Gasteiger partial charge in [0.05, 0.1) is 30.8 Å². The van der Waals surface area contributed by atoms with Crippen LogP contribution in [0.5, 0.6) is 0 Å². The van der Waals surface area contributed by atoms with Crippen molar-refractivity contribution in [2.24, 2.45) is 0 Å². The third-order valence-electron chi connectivity index (χ3n) is 6.20. The van der Waals surface area contributed by atoms with Gasteiger partial charge in [0.2, 0.25) is 0 Å². The number of nitrogens with zero attached hydrogens (tertiary/aromatic N) is 3. The normalized spacial score (nSPS) is 13.0. The highest BCUT2D eigenvalue weighted by atomic mass is 35.5. The molecule has 2 aromatic carbocycles. The van der Waals surface area contributed by atoms with Crippen molar-refractivity contribution in [1.29, 1.82) is 0 Å². The van der Waals surface area contributed by atoms with Gasteiger partial charge in [-0.25, -0.2) is 18.5 Å². The van der Waals surface area contributed by atoms with E-state index in [0.717, 1.165) is 15.0 Å². The summed E-state index contributed by atoms with van der Waals surface area (Å²) in [5.41, 5.74) is 0.107. The van der Waals surface area contributed by atoms with Crippen molar-refractivity contribution in [2.75, 3.05) is 13.2 Å². The molecule has 0 saturated carbocycles. The van der Waals surface area contributed by atoms with Crippen molar-refractivity contribution in [2.45, 2.75) is 26.4 Å². The zero-order valence-electron chi connectivity index (χ0n) is 19.7. The molecule has 0 unspecified atom stereocenters. The van der Waals surface area contributed by atoms with Gasteiger partial charge in [0.15, 0.2) is 5.78 Å². The Morgan fingerprint density at radius 1 is 1.08 bits per heavy atom. The predicted molar refractivity (Wildman–Crippen MR) is 139 cm³/mol. The molecule has 0 aliphatic carbocycles. The summed E-state index contributed by atoms with van der Waals surface area (Å²) < 4.78 is 20.8. The molecule has 3 heterocycles. The first-order valence-electron chi connectivity index (χ1n) is 11.5. The number of hydrogen-bond donors (Lipinski definition) is 0. The van der Waals surface area contributed by atoms with E-state index in [1.807, 2.05) is 0 Å². The Labute approximate surface area is 219 Å². The van der Waals surface area contributed by atoms with Crippen molar-refractivity contribution < 1.29 is 18.7 Å². The van der Waals surface area contributed by atoms with Crippen molar-refractivity contribution in [3.05, 3.63) is 96.2 Å². The fourth-order valence-electron chi connectivity index (χ4n) is 4.40. The predicted octanol–water partition coefficient (Wildman–Crippen LogP) is 4.40. The van der Waals surface area contributed by atoms with E-state index in [0.29, 0.717) is 33.9 Å². The molecule has 1 aliphatic rings. The number of amides is 1. The Morgan fingerprint density at radius 3 is 2.46 bits per heavy atom. The van der Waals surface area contributed by atoms with E-state index >= 15 is 0 Å². The lowest BCUT2D eigenvalue weighted by molar-refractivity contribution is 0.0970. The first-order valence-corrected chi connectivity index (χ1v) is 12.7. The number of Topliss-reactive ketones (excluding diaryl/α,β-unsaturated/α-hetero) is 1. The number of carbonyl (C=O) groups is 2.